The predicted octanol–water partition coefficient (Wildman–Crippen LogP) is 5.17. The SMILES string of the molecule is CC.CC1(C)CCSc2ccc(C#Cc3ccc(C(=O)O)c(N)c3)cc21. The summed E-state index contributed by atoms with van der Waals surface area (Å²) in [4.78, 5) is 12.3. The number of benzene rings is 2. The lowest BCUT2D eigenvalue weighted by atomic mass is 9.81. The fraction of sp³-hybridized carbons (Fsp3) is 0.318. The van der Waals surface area contributed by atoms with Crippen LogP contribution in [0.15, 0.2) is 41.3 Å². The van der Waals surface area contributed by atoms with E-state index in [1.807, 2.05) is 31.7 Å². The van der Waals surface area contributed by atoms with E-state index in [1.54, 1.807) is 12.1 Å². The van der Waals surface area contributed by atoms with Crippen molar-refractivity contribution in [2.45, 2.75) is 44.4 Å². The summed E-state index contributed by atoms with van der Waals surface area (Å²) in [5, 5.41) is 9.01. The molecule has 0 radical (unpaired) electrons. The molecule has 136 valence electrons. The molecule has 0 aliphatic carbocycles. The fourth-order valence-electron chi connectivity index (χ4n) is 2.79. The third-order valence-electron chi connectivity index (χ3n) is 4.33. The number of anilines is 1. The number of nitrogens with two attached hydrogens (primary N) is 1. The van der Waals surface area contributed by atoms with Crippen LogP contribution in [0, 0.1) is 11.8 Å². The van der Waals surface area contributed by atoms with Crippen LogP contribution in [0.5, 0.6) is 0 Å². The second-order valence-electron chi connectivity index (χ2n) is 6.55. The molecule has 0 bridgehead atoms. The van der Waals surface area contributed by atoms with E-state index in [0.717, 1.165) is 17.7 Å². The van der Waals surface area contributed by atoms with Gasteiger partial charge in [-0.1, -0.05) is 39.5 Å². The highest BCUT2D eigenvalue weighted by atomic mass is 32.2. The van der Waals surface area contributed by atoms with Crippen LogP contribution in [0.2, 0.25) is 0 Å². The summed E-state index contributed by atoms with van der Waals surface area (Å²) in [5.41, 5.74) is 9.31. The first-order chi connectivity index (χ1) is 12.4. The maximum Gasteiger partial charge on any atom is 0.337 e. The normalized spacial score (nSPS) is 14.2. The maximum absolute atomic E-state index is 11.0. The number of aromatic carboxylic acids is 1. The predicted molar refractivity (Wildman–Crippen MR) is 110 cm³/mol. The fourth-order valence-corrected chi connectivity index (χ4v) is 4.28. The zero-order valence-electron chi connectivity index (χ0n) is 15.7. The first-order valence-electron chi connectivity index (χ1n) is 8.79. The first kappa shape index (κ1) is 19.9. The van der Waals surface area contributed by atoms with Crippen molar-refractivity contribution >= 4 is 23.4 Å². The van der Waals surface area contributed by atoms with Gasteiger partial charge in [0.2, 0.25) is 0 Å². The third-order valence-corrected chi connectivity index (χ3v) is 5.40. The molecule has 0 amide bonds. The van der Waals surface area contributed by atoms with Gasteiger partial charge in [-0.3, -0.25) is 0 Å². The van der Waals surface area contributed by atoms with Gasteiger partial charge in [-0.05, 0) is 59.6 Å². The molecule has 1 heterocycles. The number of carboxylic acid groups (broad SMARTS) is 1. The summed E-state index contributed by atoms with van der Waals surface area (Å²) in [6, 6.07) is 11.1. The highest BCUT2D eigenvalue weighted by molar-refractivity contribution is 7.99. The molecule has 0 saturated carbocycles. The van der Waals surface area contributed by atoms with Crippen LogP contribution in [0.25, 0.3) is 0 Å². The van der Waals surface area contributed by atoms with Crippen LogP contribution >= 0.6 is 11.8 Å². The van der Waals surface area contributed by atoms with Crippen molar-refractivity contribution in [2.24, 2.45) is 0 Å². The summed E-state index contributed by atoms with van der Waals surface area (Å²) in [6.45, 7) is 8.54. The average Bonchev–Trinajstić information content (AvgIpc) is 2.61. The van der Waals surface area contributed by atoms with E-state index in [1.165, 1.54) is 16.5 Å². The van der Waals surface area contributed by atoms with Crippen LogP contribution in [0.3, 0.4) is 0 Å². The minimum Gasteiger partial charge on any atom is -0.478 e. The Labute approximate surface area is 160 Å². The minimum atomic E-state index is -1.03. The van der Waals surface area contributed by atoms with Gasteiger partial charge in [-0.2, -0.15) is 0 Å². The van der Waals surface area contributed by atoms with Crippen LogP contribution in [-0.4, -0.2) is 16.8 Å². The van der Waals surface area contributed by atoms with E-state index in [0.29, 0.717) is 5.56 Å². The summed E-state index contributed by atoms with van der Waals surface area (Å²) in [5.74, 6) is 6.36. The quantitative estimate of drug-likeness (QED) is 0.539. The number of hydrogen-bond donors (Lipinski definition) is 2. The standard InChI is InChI=1S/C20H19NO2S.C2H6/c1-20(2)9-10-24-18-8-6-13(11-16(18)20)3-4-14-5-7-15(19(22)23)17(21)12-14;1-2/h5-8,11-12H,9-10,21H2,1-2H3,(H,22,23);1-2H3. The first-order valence-corrected chi connectivity index (χ1v) is 9.77. The molecule has 2 aromatic carbocycles. The van der Waals surface area contributed by atoms with Crippen molar-refractivity contribution in [1.29, 1.82) is 0 Å². The van der Waals surface area contributed by atoms with Crippen LogP contribution in [0.4, 0.5) is 5.69 Å². The number of fused-ring (bicyclic) bond motifs is 1. The molecule has 0 saturated heterocycles. The highest BCUT2D eigenvalue weighted by Gasteiger charge is 2.27. The lowest BCUT2D eigenvalue weighted by Crippen LogP contribution is -2.22. The Morgan fingerprint density at radius 2 is 1.73 bits per heavy atom. The Hall–Kier alpha value is -2.38. The number of hydrogen-bond acceptors (Lipinski definition) is 3. The molecule has 0 spiro atoms. The lowest BCUT2D eigenvalue weighted by Gasteiger charge is -2.32. The molecule has 0 unspecified atom stereocenters. The molecule has 4 heteroatoms. The Morgan fingerprint density at radius 3 is 2.35 bits per heavy atom. The molecular weight excluding hydrogens is 342 g/mol. The van der Waals surface area contributed by atoms with Gasteiger partial charge in [0, 0.05) is 21.7 Å². The zero-order valence-corrected chi connectivity index (χ0v) is 16.5. The van der Waals surface area contributed by atoms with Gasteiger partial charge < -0.3 is 10.8 Å². The van der Waals surface area contributed by atoms with Crippen LogP contribution < -0.4 is 5.73 Å². The molecule has 3 rings (SSSR count). The largest absolute Gasteiger partial charge is 0.478 e. The maximum atomic E-state index is 11.0. The second-order valence-corrected chi connectivity index (χ2v) is 7.69. The lowest BCUT2D eigenvalue weighted by molar-refractivity contribution is 0.0698. The van der Waals surface area contributed by atoms with E-state index in [2.05, 4.69) is 37.8 Å². The molecule has 1 aliphatic rings. The van der Waals surface area contributed by atoms with Gasteiger partial charge in [0.15, 0.2) is 0 Å². The number of thioether (sulfide) groups is 1. The van der Waals surface area contributed by atoms with Gasteiger partial charge in [-0.25, -0.2) is 4.79 Å². The van der Waals surface area contributed by atoms with E-state index in [4.69, 9.17) is 10.8 Å². The van der Waals surface area contributed by atoms with Crippen LogP contribution in [-0.2, 0) is 5.41 Å². The van der Waals surface area contributed by atoms with E-state index in [9.17, 15) is 4.79 Å². The number of carboxylic acids is 1. The Kier molecular flexibility index (Phi) is 6.39. The van der Waals surface area contributed by atoms with Gasteiger partial charge in [0.05, 0.1) is 5.56 Å². The molecular formula is C22H25NO2S. The Bertz CT molecular complexity index is 875. The van der Waals surface area contributed by atoms with Crippen molar-refractivity contribution in [3.63, 3.8) is 0 Å². The minimum absolute atomic E-state index is 0.105. The number of nitrogen functional groups attached to an aromatic ring is 1. The number of rotatable bonds is 1. The average molecular weight is 368 g/mol. The van der Waals surface area contributed by atoms with E-state index in [-0.39, 0.29) is 16.7 Å². The van der Waals surface area contributed by atoms with Crippen molar-refractivity contribution < 1.29 is 9.90 Å². The van der Waals surface area contributed by atoms with Gasteiger partial charge in [-0.15, -0.1) is 11.8 Å². The van der Waals surface area contributed by atoms with Crippen molar-refractivity contribution in [2.75, 3.05) is 11.5 Å². The molecule has 1 aliphatic heterocycles. The Balaban J connectivity index is 0.00000117. The summed E-state index contributed by atoms with van der Waals surface area (Å²) >= 11 is 1.90. The van der Waals surface area contributed by atoms with Crippen LogP contribution in [0.1, 0.15) is 61.2 Å². The van der Waals surface area contributed by atoms with Crippen molar-refractivity contribution in [3.05, 3.63) is 58.7 Å². The third kappa shape index (κ3) is 4.42. The second kappa shape index (κ2) is 8.33. The topological polar surface area (TPSA) is 63.3 Å². The van der Waals surface area contributed by atoms with E-state index >= 15 is 0 Å². The summed E-state index contributed by atoms with van der Waals surface area (Å²) < 4.78 is 0. The van der Waals surface area contributed by atoms with Gasteiger partial charge >= 0.3 is 5.97 Å². The zero-order chi connectivity index (χ0) is 19.3. The smallest absolute Gasteiger partial charge is 0.337 e. The summed E-state index contributed by atoms with van der Waals surface area (Å²) in [7, 11) is 0. The van der Waals surface area contributed by atoms with Crippen molar-refractivity contribution in [3.8, 4) is 11.8 Å². The highest BCUT2D eigenvalue weighted by Crippen LogP contribution is 2.41. The van der Waals surface area contributed by atoms with Crippen molar-refractivity contribution in [1.82, 2.24) is 0 Å². The molecule has 3 N–H and O–H groups in total. The molecule has 0 aromatic heterocycles. The number of carbonyl (C=O) groups is 1. The van der Waals surface area contributed by atoms with Gasteiger partial charge in [0.25, 0.3) is 0 Å². The molecule has 2 aromatic rings. The molecule has 3 nitrogen and oxygen atoms in total. The Morgan fingerprint density at radius 1 is 1.12 bits per heavy atom. The van der Waals surface area contributed by atoms with Gasteiger partial charge in [0.1, 0.15) is 0 Å². The molecule has 0 fully saturated rings. The summed E-state index contributed by atoms with van der Waals surface area (Å²) in [6.07, 6.45) is 1.16. The monoisotopic (exact) mass is 367 g/mol. The van der Waals surface area contributed by atoms with E-state index < -0.39 is 5.97 Å². The molecule has 26 heavy (non-hydrogen) atoms. The molecule has 0 atom stereocenters.